The van der Waals surface area contributed by atoms with Gasteiger partial charge in [-0.25, -0.2) is 4.39 Å². The standard InChI is InChI=1S/C15H16FNO2/c1-17(2)11-5-3-6-12(9-11)19-15-8-4-7-14(16)13(15)10-18/h3-9,18H,10H2,1-2H3. The Balaban J connectivity index is 2.31. The van der Waals surface area contributed by atoms with Gasteiger partial charge in [0.05, 0.1) is 12.2 Å². The van der Waals surface area contributed by atoms with E-state index in [0.29, 0.717) is 11.5 Å². The molecule has 4 heteroatoms. The zero-order valence-electron chi connectivity index (χ0n) is 10.9. The average Bonchev–Trinajstić information content (AvgIpc) is 2.39. The smallest absolute Gasteiger partial charge is 0.135 e. The first kappa shape index (κ1) is 13.4. The molecule has 0 amide bonds. The molecule has 0 aliphatic heterocycles. The Morgan fingerprint density at radius 1 is 1.16 bits per heavy atom. The molecular formula is C15H16FNO2. The number of benzene rings is 2. The number of rotatable bonds is 4. The lowest BCUT2D eigenvalue weighted by atomic mass is 10.2. The van der Waals surface area contributed by atoms with Crippen LogP contribution < -0.4 is 9.64 Å². The number of hydrogen-bond acceptors (Lipinski definition) is 3. The lowest BCUT2D eigenvalue weighted by Crippen LogP contribution is -2.08. The second kappa shape index (κ2) is 5.71. The summed E-state index contributed by atoms with van der Waals surface area (Å²) in [6.45, 7) is -0.393. The van der Waals surface area contributed by atoms with Crippen LogP contribution in [-0.2, 0) is 6.61 Å². The van der Waals surface area contributed by atoms with Crippen LogP contribution in [-0.4, -0.2) is 19.2 Å². The fraction of sp³-hybridized carbons (Fsp3) is 0.200. The summed E-state index contributed by atoms with van der Waals surface area (Å²) in [6, 6.07) is 11.9. The molecule has 0 fully saturated rings. The van der Waals surface area contributed by atoms with Crippen molar-refractivity contribution < 1.29 is 14.2 Å². The number of ether oxygens (including phenoxy) is 1. The lowest BCUT2D eigenvalue weighted by molar-refractivity contribution is 0.270. The van der Waals surface area contributed by atoms with Gasteiger partial charge in [0.1, 0.15) is 17.3 Å². The number of halogens is 1. The van der Waals surface area contributed by atoms with E-state index in [1.807, 2.05) is 37.2 Å². The summed E-state index contributed by atoms with van der Waals surface area (Å²) in [5, 5.41) is 9.19. The van der Waals surface area contributed by atoms with Crippen molar-refractivity contribution >= 4 is 5.69 Å². The Bertz CT molecular complexity index is 570. The van der Waals surface area contributed by atoms with E-state index < -0.39 is 12.4 Å². The number of hydrogen-bond donors (Lipinski definition) is 1. The summed E-state index contributed by atoms with van der Waals surface area (Å²) < 4.78 is 19.2. The zero-order valence-corrected chi connectivity index (χ0v) is 10.9. The first-order valence-corrected chi connectivity index (χ1v) is 5.95. The Morgan fingerprint density at radius 2 is 1.89 bits per heavy atom. The van der Waals surface area contributed by atoms with E-state index >= 15 is 0 Å². The molecule has 1 N–H and O–H groups in total. The van der Waals surface area contributed by atoms with E-state index in [-0.39, 0.29) is 5.56 Å². The van der Waals surface area contributed by atoms with Crippen LogP contribution in [0, 0.1) is 5.82 Å². The average molecular weight is 261 g/mol. The summed E-state index contributed by atoms with van der Waals surface area (Å²) in [4.78, 5) is 1.95. The van der Waals surface area contributed by atoms with Gasteiger partial charge < -0.3 is 14.7 Å². The Hall–Kier alpha value is -2.07. The van der Waals surface area contributed by atoms with Gasteiger partial charge in [-0.2, -0.15) is 0 Å². The van der Waals surface area contributed by atoms with Gasteiger partial charge in [0.2, 0.25) is 0 Å². The molecule has 100 valence electrons. The van der Waals surface area contributed by atoms with Crippen LogP contribution in [0.5, 0.6) is 11.5 Å². The monoisotopic (exact) mass is 261 g/mol. The van der Waals surface area contributed by atoms with Crippen LogP contribution in [0.15, 0.2) is 42.5 Å². The molecule has 0 aliphatic carbocycles. The van der Waals surface area contributed by atoms with E-state index in [1.165, 1.54) is 6.07 Å². The number of nitrogens with zero attached hydrogens (tertiary/aromatic N) is 1. The summed E-state index contributed by atoms with van der Waals surface area (Å²) in [6.07, 6.45) is 0. The molecule has 0 heterocycles. The van der Waals surface area contributed by atoms with Gasteiger partial charge in [-0.1, -0.05) is 12.1 Å². The van der Waals surface area contributed by atoms with Crippen LogP contribution in [0.25, 0.3) is 0 Å². The molecule has 0 saturated carbocycles. The topological polar surface area (TPSA) is 32.7 Å². The van der Waals surface area contributed by atoms with Gasteiger partial charge in [-0.15, -0.1) is 0 Å². The third kappa shape index (κ3) is 3.03. The largest absolute Gasteiger partial charge is 0.457 e. The van der Waals surface area contributed by atoms with Gasteiger partial charge in [0.25, 0.3) is 0 Å². The summed E-state index contributed by atoms with van der Waals surface area (Å²) in [5.41, 5.74) is 1.15. The van der Waals surface area contributed by atoms with Gasteiger partial charge in [0.15, 0.2) is 0 Å². The second-order valence-corrected chi connectivity index (χ2v) is 4.37. The van der Waals surface area contributed by atoms with Crippen molar-refractivity contribution in [1.82, 2.24) is 0 Å². The maximum Gasteiger partial charge on any atom is 0.135 e. The van der Waals surface area contributed by atoms with E-state index in [1.54, 1.807) is 18.2 Å². The molecule has 0 spiro atoms. The highest BCUT2D eigenvalue weighted by Crippen LogP contribution is 2.29. The fourth-order valence-corrected chi connectivity index (χ4v) is 1.74. The first-order chi connectivity index (χ1) is 9.11. The molecule has 0 aliphatic rings. The minimum Gasteiger partial charge on any atom is -0.457 e. The van der Waals surface area contributed by atoms with Gasteiger partial charge in [-0.05, 0) is 24.3 Å². The molecule has 0 bridgehead atoms. The Morgan fingerprint density at radius 3 is 2.58 bits per heavy atom. The van der Waals surface area contributed by atoms with Crippen molar-refractivity contribution in [2.45, 2.75) is 6.61 Å². The summed E-state index contributed by atoms with van der Waals surface area (Å²) in [7, 11) is 3.86. The number of anilines is 1. The van der Waals surface area contributed by atoms with Crippen LogP contribution in [0.4, 0.5) is 10.1 Å². The van der Waals surface area contributed by atoms with Gasteiger partial charge >= 0.3 is 0 Å². The SMILES string of the molecule is CN(C)c1cccc(Oc2cccc(F)c2CO)c1. The molecule has 0 unspecified atom stereocenters. The van der Waals surface area contributed by atoms with Crippen molar-refractivity contribution in [1.29, 1.82) is 0 Å². The lowest BCUT2D eigenvalue weighted by Gasteiger charge is -2.15. The van der Waals surface area contributed by atoms with Crippen LogP contribution in [0.3, 0.4) is 0 Å². The Kier molecular flexibility index (Phi) is 4.02. The van der Waals surface area contributed by atoms with Crippen molar-refractivity contribution in [3.8, 4) is 11.5 Å². The molecule has 0 radical (unpaired) electrons. The third-order valence-corrected chi connectivity index (χ3v) is 2.80. The molecule has 3 nitrogen and oxygen atoms in total. The van der Waals surface area contributed by atoms with Crippen molar-refractivity contribution in [2.24, 2.45) is 0 Å². The molecule has 0 aromatic heterocycles. The zero-order chi connectivity index (χ0) is 13.8. The van der Waals surface area contributed by atoms with Crippen molar-refractivity contribution in [3.05, 3.63) is 53.8 Å². The van der Waals surface area contributed by atoms with Gasteiger partial charge in [-0.3, -0.25) is 0 Å². The fourth-order valence-electron chi connectivity index (χ4n) is 1.74. The van der Waals surface area contributed by atoms with E-state index in [0.717, 1.165) is 5.69 Å². The van der Waals surface area contributed by atoms with Crippen molar-refractivity contribution in [2.75, 3.05) is 19.0 Å². The molecule has 19 heavy (non-hydrogen) atoms. The van der Waals surface area contributed by atoms with E-state index in [4.69, 9.17) is 4.74 Å². The maximum absolute atomic E-state index is 13.5. The molecule has 0 saturated heterocycles. The molecule has 2 aromatic carbocycles. The summed E-state index contributed by atoms with van der Waals surface area (Å²) >= 11 is 0. The van der Waals surface area contributed by atoms with Crippen molar-refractivity contribution in [3.63, 3.8) is 0 Å². The van der Waals surface area contributed by atoms with Crippen LogP contribution in [0.2, 0.25) is 0 Å². The number of aliphatic hydroxyl groups excluding tert-OH is 1. The highest BCUT2D eigenvalue weighted by molar-refractivity contribution is 5.50. The molecular weight excluding hydrogens is 245 g/mol. The summed E-state index contributed by atoms with van der Waals surface area (Å²) in [5.74, 6) is 0.466. The van der Waals surface area contributed by atoms with Crippen LogP contribution >= 0.6 is 0 Å². The second-order valence-electron chi connectivity index (χ2n) is 4.37. The Labute approximate surface area is 111 Å². The minimum atomic E-state index is -0.469. The quantitative estimate of drug-likeness (QED) is 0.917. The highest BCUT2D eigenvalue weighted by atomic mass is 19.1. The predicted molar refractivity (Wildman–Crippen MR) is 73.2 cm³/mol. The highest BCUT2D eigenvalue weighted by Gasteiger charge is 2.09. The minimum absolute atomic E-state index is 0.165. The van der Waals surface area contributed by atoms with Crippen LogP contribution in [0.1, 0.15) is 5.56 Å². The van der Waals surface area contributed by atoms with E-state index in [9.17, 15) is 9.50 Å². The molecule has 2 rings (SSSR count). The number of aliphatic hydroxyl groups is 1. The van der Waals surface area contributed by atoms with Gasteiger partial charge in [0, 0.05) is 25.8 Å². The van der Waals surface area contributed by atoms with E-state index in [2.05, 4.69) is 0 Å². The normalized spacial score (nSPS) is 10.3. The molecule has 2 aromatic rings. The third-order valence-electron chi connectivity index (χ3n) is 2.80. The predicted octanol–water partition coefficient (Wildman–Crippen LogP) is 3.18. The first-order valence-electron chi connectivity index (χ1n) is 5.95. The maximum atomic E-state index is 13.5. The molecule has 0 atom stereocenters.